The zero-order chi connectivity index (χ0) is 18.1. The molecule has 2 aliphatic carbocycles. The van der Waals surface area contributed by atoms with Crippen molar-refractivity contribution in [2.45, 2.75) is 69.7 Å². The highest BCUT2D eigenvalue weighted by Crippen LogP contribution is 2.44. The molecule has 1 aromatic carbocycles. The number of aryl methyl sites for hydroxylation is 1. The average Bonchev–Trinajstić information content (AvgIpc) is 3.42. The van der Waals surface area contributed by atoms with Crippen molar-refractivity contribution in [2.24, 2.45) is 5.92 Å². The maximum Gasteiger partial charge on any atom is 0.121 e. The number of benzene rings is 1. The standard InChI is InChI=1S/C22H33NO3/c1-16-12-18(6-7-20(16)24-2)14-23-11-10-22(25-3)9-8-19(13-21(22)23)26-15-17-4-5-17/h6-7,12,17,19,21H,4-5,8-11,13-15H2,1-3H3/t19-,21-,22+/m0/s1. The molecule has 4 nitrogen and oxygen atoms in total. The monoisotopic (exact) mass is 359 g/mol. The number of ether oxygens (including phenoxy) is 3. The Morgan fingerprint density at radius 3 is 2.69 bits per heavy atom. The van der Waals surface area contributed by atoms with Gasteiger partial charge in [0.25, 0.3) is 0 Å². The fraction of sp³-hybridized carbons (Fsp3) is 0.727. The predicted molar refractivity (Wildman–Crippen MR) is 103 cm³/mol. The van der Waals surface area contributed by atoms with E-state index in [-0.39, 0.29) is 5.60 Å². The van der Waals surface area contributed by atoms with E-state index in [1.54, 1.807) is 7.11 Å². The van der Waals surface area contributed by atoms with Gasteiger partial charge >= 0.3 is 0 Å². The summed E-state index contributed by atoms with van der Waals surface area (Å²) in [5, 5.41) is 0. The molecule has 1 heterocycles. The first-order valence-corrected chi connectivity index (χ1v) is 10.2. The highest BCUT2D eigenvalue weighted by molar-refractivity contribution is 5.36. The van der Waals surface area contributed by atoms with E-state index in [0.29, 0.717) is 12.1 Å². The Kier molecular flexibility index (Phi) is 5.27. The van der Waals surface area contributed by atoms with E-state index in [0.717, 1.165) is 57.0 Å². The van der Waals surface area contributed by atoms with Crippen LogP contribution in [0.15, 0.2) is 18.2 Å². The molecule has 1 aromatic rings. The summed E-state index contributed by atoms with van der Waals surface area (Å²) < 4.78 is 17.8. The van der Waals surface area contributed by atoms with Gasteiger partial charge in [-0.1, -0.05) is 12.1 Å². The van der Waals surface area contributed by atoms with Gasteiger partial charge in [0.15, 0.2) is 0 Å². The molecule has 2 saturated carbocycles. The van der Waals surface area contributed by atoms with Crippen molar-refractivity contribution in [3.63, 3.8) is 0 Å². The van der Waals surface area contributed by atoms with Gasteiger partial charge < -0.3 is 14.2 Å². The zero-order valence-corrected chi connectivity index (χ0v) is 16.5. The molecule has 0 radical (unpaired) electrons. The molecule has 3 atom stereocenters. The summed E-state index contributed by atoms with van der Waals surface area (Å²) in [6.45, 7) is 5.18. The lowest BCUT2D eigenvalue weighted by molar-refractivity contribution is -0.103. The van der Waals surface area contributed by atoms with Crippen molar-refractivity contribution in [2.75, 3.05) is 27.4 Å². The maximum absolute atomic E-state index is 6.25. The topological polar surface area (TPSA) is 30.9 Å². The minimum absolute atomic E-state index is 0.0287. The molecular formula is C22H33NO3. The molecule has 0 aromatic heterocycles. The van der Waals surface area contributed by atoms with Crippen LogP contribution in [0.25, 0.3) is 0 Å². The molecule has 0 bridgehead atoms. The van der Waals surface area contributed by atoms with Crippen molar-refractivity contribution >= 4 is 0 Å². The molecule has 4 rings (SSSR count). The third-order valence-corrected chi connectivity index (χ3v) is 6.76. The van der Waals surface area contributed by atoms with Crippen LogP contribution in [0.2, 0.25) is 0 Å². The van der Waals surface area contributed by atoms with E-state index in [9.17, 15) is 0 Å². The summed E-state index contributed by atoms with van der Waals surface area (Å²) in [7, 11) is 3.64. The van der Waals surface area contributed by atoms with Crippen molar-refractivity contribution in [1.82, 2.24) is 4.90 Å². The molecule has 144 valence electrons. The van der Waals surface area contributed by atoms with Crippen molar-refractivity contribution in [3.05, 3.63) is 29.3 Å². The Hall–Kier alpha value is -1.10. The number of hydrogen-bond acceptors (Lipinski definition) is 4. The number of hydrogen-bond donors (Lipinski definition) is 0. The Morgan fingerprint density at radius 1 is 1.15 bits per heavy atom. The summed E-state index contributed by atoms with van der Waals surface area (Å²) in [5.74, 6) is 1.80. The predicted octanol–water partition coefficient (Wildman–Crippen LogP) is 3.94. The summed E-state index contributed by atoms with van der Waals surface area (Å²) >= 11 is 0. The number of nitrogens with zero attached hydrogens (tertiary/aromatic N) is 1. The SMILES string of the molecule is COc1ccc(CN2CC[C@]3(OC)CC[C@H](OCC4CC4)C[C@H]23)cc1C. The second kappa shape index (κ2) is 7.49. The minimum Gasteiger partial charge on any atom is -0.496 e. The average molecular weight is 360 g/mol. The van der Waals surface area contributed by atoms with Gasteiger partial charge in [0.1, 0.15) is 5.75 Å². The molecule has 0 spiro atoms. The summed E-state index contributed by atoms with van der Waals surface area (Å²) in [5.41, 5.74) is 2.59. The smallest absolute Gasteiger partial charge is 0.121 e. The zero-order valence-electron chi connectivity index (χ0n) is 16.5. The lowest BCUT2D eigenvalue weighted by Crippen LogP contribution is -2.51. The second-order valence-corrected chi connectivity index (χ2v) is 8.48. The van der Waals surface area contributed by atoms with E-state index in [1.165, 1.54) is 24.0 Å². The van der Waals surface area contributed by atoms with Gasteiger partial charge in [-0.15, -0.1) is 0 Å². The Bertz CT molecular complexity index is 630. The number of likely N-dealkylation sites (tertiary alicyclic amines) is 1. The molecule has 1 aliphatic heterocycles. The van der Waals surface area contributed by atoms with Crippen LogP contribution in [0.3, 0.4) is 0 Å². The van der Waals surface area contributed by atoms with Crippen LogP contribution >= 0.6 is 0 Å². The lowest BCUT2D eigenvalue weighted by atomic mass is 9.79. The molecule has 0 N–H and O–H groups in total. The molecule has 1 saturated heterocycles. The number of methoxy groups -OCH3 is 2. The van der Waals surface area contributed by atoms with Gasteiger partial charge in [0.05, 0.1) is 18.8 Å². The van der Waals surface area contributed by atoms with E-state index in [4.69, 9.17) is 14.2 Å². The van der Waals surface area contributed by atoms with Crippen molar-refractivity contribution < 1.29 is 14.2 Å². The fourth-order valence-corrected chi connectivity index (χ4v) is 4.93. The third-order valence-electron chi connectivity index (χ3n) is 6.76. The molecule has 0 amide bonds. The van der Waals surface area contributed by atoms with Gasteiger partial charge in [-0.2, -0.15) is 0 Å². The normalized spacial score (nSPS) is 31.8. The van der Waals surface area contributed by atoms with Crippen LogP contribution in [-0.4, -0.2) is 50.0 Å². The van der Waals surface area contributed by atoms with Gasteiger partial charge in [-0.05, 0) is 68.6 Å². The second-order valence-electron chi connectivity index (χ2n) is 8.48. The third kappa shape index (κ3) is 3.64. The number of rotatable bonds is 7. The molecule has 26 heavy (non-hydrogen) atoms. The van der Waals surface area contributed by atoms with Crippen LogP contribution in [-0.2, 0) is 16.0 Å². The van der Waals surface area contributed by atoms with Gasteiger partial charge in [0.2, 0.25) is 0 Å². The molecule has 3 aliphatic rings. The largest absolute Gasteiger partial charge is 0.496 e. The summed E-state index contributed by atoms with van der Waals surface area (Å²) in [6, 6.07) is 7.01. The lowest BCUT2D eigenvalue weighted by Gasteiger charge is -2.43. The Balaban J connectivity index is 1.44. The minimum atomic E-state index is 0.0287. The highest BCUT2D eigenvalue weighted by Gasteiger charge is 2.51. The van der Waals surface area contributed by atoms with Gasteiger partial charge in [-0.3, -0.25) is 4.90 Å². The Labute approximate surface area is 157 Å². The fourth-order valence-electron chi connectivity index (χ4n) is 4.93. The highest BCUT2D eigenvalue weighted by atomic mass is 16.5. The first-order valence-electron chi connectivity index (χ1n) is 10.2. The van der Waals surface area contributed by atoms with Gasteiger partial charge in [-0.25, -0.2) is 0 Å². The van der Waals surface area contributed by atoms with E-state index < -0.39 is 0 Å². The molecule has 3 fully saturated rings. The quantitative estimate of drug-likeness (QED) is 0.738. The Morgan fingerprint density at radius 2 is 2.00 bits per heavy atom. The van der Waals surface area contributed by atoms with Crippen LogP contribution in [0.4, 0.5) is 0 Å². The van der Waals surface area contributed by atoms with E-state index in [1.807, 2.05) is 7.11 Å². The summed E-state index contributed by atoms with van der Waals surface area (Å²) in [6.07, 6.45) is 7.65. The van der Waals surface area contributed by atoms with Crippen molar-refractivity contribution in [1.29, 1.82) is 0 Å². The van der Waals surface area contributed by atoms with Gasteiger partial charge in [0, 0.05) is 32.8 Å². The molecule has 4 heteroatoms. The maximum atomic E-state index is 6.25. The number of fused-ring (bicyclic) bond motifs is 1. The van der Waals surface area contributed by atoms with Crippen molar-refractivity contribution in [3.8, 4) is 5.75 Å². The van der Waals surface area contributed by atoms with Crippen LogP contribution in [0.1, 0.15) is 49.7 Å². The summed E-state index contributed by atoms with van der Waals surface area (Å²) in [4.78, 5) is 2.62. The van der Waals surface area contributed by atoms with Crippen LogP contribution in [0, 0.1) is 12.8 Å². The molecular weight excluding hydrogens is 326 g/mol. The van der Waals surface area contributed by atoms with Crippen LogP contribution < -0.4 is 4.74 Å². The first kappa shape index (κ1) is 18.3. The first-order chi connectivity index (χ1) is 12.6. The van der Waals surface area contributed by atoms with E-state index in [2.05, 4.69) is 30.0 Å². The molecule has 0 unspecified atom stereocenters. The van der Waals surface area contributed by atoms with E-state index >= 15 is 0 Å². The van der Waals surface area contributed by atoms with Crippen LogP contribution in [0.5, 0.6) is 5.75 Å².